The predicted octanol–water partition coefficient (Wildman–Crippen LogP) is 2.49. The van der Waals surface area contributed by atoms with Gasteiger partial charge >= 0.3 is 0 Å². The third-order valence-electron chi connectivity index (χ3n) is 1.75. The van der Waals surface area contributed by atoms with Crippen molar-refractivity contribution in [3.63, 3.8) is 0 Å². The number of hydrogen-bond acceptors (Lipinski definition) is 2. The second-order valence-electron chi connectivity index (χ2n) is 3.13. The molecule has 14 heavy (non-hydrogen) atoms. The molecule has 0 heterocycles. The van der Waals surface area contributed by atoms with Gasteiger partial charge in [0.25, 0.3) is 0 Å². The zero-order chi connectivity index (χ0) is 10.4. The molecular weight excluding hydrogens is 200 g/mol. The Hall–Kier alpha value is -0.860. The molecule has 0 aliphatic carbocycles. The van der Waals surface area contributed by atoms with Gasteiger partial charge in [0.2, 0.25) is 0 Å². The van der Waals surface area contributed by atoms with Gasteiger partial charge in [0.1, 0.15) is 6.61 Å². The van der Waals surface area contributed by atoms with Crippen LogP contribution in [-0.4, -0.2) is 19.0 Å². The highest BCUT2D eigenvalue weighted by atomic mass is 35.5. The van der Waals surface area contributed by atoms with Crippen LogP contribution in [0.1, 0.15) is 12.5 Å². The summed E-state index contributed by atoms with van der Waals surface area (Å²) in [5.74, 6) is 0.0566. The Bertz CT molecular complexity index is 293. The third-order valence-corrected chi connectivity index (χ3v) is 2.01. The summed E-state index contributed by atoms with van der Waals surface area (Å²) in [6.07, 6.45) is 0.810. The summed E-state index contributed by atoms with van der Waals surface area (Å²) in [5, 5.41) is 0.735. The number of ketones is 1. The minimum atomic E-state index is 0.0566. The van der Waals surface area contributed by atoms with Crippen LogP contribution in [0.25, 0.3) is 0 Å². The Balaban J connectivity index is 2.25. The Morgan fingerprint density at radius 2 is 2.00 bits per heavy atom. The number of carbonyl (C=O) groups is 1. The topological polar surface area (TPSA) is 26.3 Å². The van der Waals surface area contributed by atoms with Crippen molar-refractivity contribution in [3.05, 3.63) is 34.9 Å². The molecular formula is C11H13ClO2. The fourth-order valence-electron chi connectivity index (χ4n) is 1.06. The number of rotatable bonds is 5. The van der Waals surface area contributed by atoms with Crippen molar-refractivity contribution < 1.29 is 9.53 Å². The van der Waals surface area contributed by atoms with Crippen molar-refractivity contribution in [1.29, 1.82) is 0 Å². The Morgan fingerprint density at radius 3 is 2.57 bits per heavy atom. The fraction of sp³-hybridized carbons (Fsp3) is 0.364. The molecule has 2 nitrogen and oxygen atoms in total. The summed E-state index contributed by atoms with van der Waals surface area (Å²) in [6, 6.07) is 7.61. The number of hydrogen-bond donors (Lipinski definition) is 0. The number of ether oxygens (including phenoxy) is 1. The lowest BCUT2D eigenvalue weighted by atomic mass is 10.2. The van der Waals surface area contributed by atoms with Crippen LogP contribution in [0.5, 0.6) is 0 Å². The maximum absolute atomic E-state index is 10.6. The van der Waals surface area contributed by atoms with Gasteiger partial charge < -0.3 is 4.74 Å². The Labute approximate surface area is 88.8 Å². The molecule has 0 amide bonds. The molecule has 3 heteroatoms. The van der Waals surface area contributed by atoms with Crippen LogP contribution >= 0.6 is 11.6 Å². The lowest BCUT2D eigenvalue weighted by Crippen LogP contribution is -2.06. The van der Waals surface area contributed by atoms with E-state index in [1.807, 2.05) is 24.3 Å². The van der Waals surface area contributed by atoms with Crippen LogP contribution in [0.2, 0.25) is 5.02 Å². The molecule has 1 rings (SSSR count). The lowest BCUT2D eigenvalue weighted by Gasteiger charge is -2.02. The largest absolute Gasteiger partial charge is 0.373 e. The van der Waals surface area contributed by atoms with E-state index in [9.17, 15) is 4.79 Å². The lowest BCUT2D eigenvalue weighted by molar-refractivity contribution is -0.121. The number of benzene rings is 1. The van der Waals surface area contributed by atoms with Crippen molar-refractivity contribution in [2.45, 2.75) is 13.3 Å². The number of carbonyl (C=O) groups excluding carboxylic acids is 1. The Morgan fingerprint density at radius 1 is 1.36 bits per heavy atom. The highest BCUT2D eigenvalue weighted by Gasteiger charge is 1.95. The maximum atomic E-state index is 10.6. The van der Waals surface area contributed by atoms with E-state index >= 15 is 0 Å². The van der Waals surface area contributed by atoms with E-state index in [0.29, 0.717) is 6.61 Å². The molecule has 0 spiro atoms. The molecule has 0 bridgehead atoms. The van der Waals surface area contributed by atoms with E-state index < -0.39 is 0 Å². The third kappa shape index (κ3) is 4.40. The van der Waals surface area contributed by atoms with Crippen LogP contribution < -0.4 is 0 Å². The molecule has 0 saturated carbocycles. The van der Waals surface area contributed by atoms with E-state index in [2.05, 4.69) is 0 Å². The van der Waals surface area contributed by atoms with E-state index in [1.54, 1.807) is 0 Å². The zero-order valence-corrected chi connectivity index (χ0v) is 8.88. The average Bonchev–Trinajstić information content (AvgIpc) is 2.15. The van der Waals surface area contributed by atoms with Gasteiger partial charge in [-0.15, -0.1) is 0 Å². The molecule has 0 aliphatic heterocycles. The molecule has 0 unspecified atom stereocenters. The van der Waals surface area contributed by atoms with Crippen LogP contribution in [0.4, 0.5) is 0 Å². The predicted molar refractivity (Wildman–Crippen MR) is 56.7 cm³/mol. The molecule has 0 fully saturated rings. The van der Waals surface area contributed by atoms with Crippen LogP contribution in [-0.2, 0) is 16.0 Å². The molecule has 0 N–H and O–H groups in total. The van der Waals surface area contributed by atoms with Gasteiger partial charge in [0.15, 0.2) is 5.78 Å². The van der Waals surface area contributed by atoms with Crippen molar-refractivity contribution >= 4 is 17.4 Å². The highest BCUT2D eigenvalue weighted by molar-refractivity contribution is 6.30. The summed E-state index contributed by atoms with van der Waals surface area (Å²) >= 11 is 5.74. The SMILES string of the molecule is CC(=O)COCCc1ccc(Cl)cc1. The Kier molecular flexibility index (Phi) is 4.63. The maximum Gasteiger partial charge on any atom is 0.155 e. The van der Waals surface area contributed by atoms with E-state index in [0.717, 1.165) is 17.0 Å². The highest BCUT2D eigenvalue weighted by Crippen LogP contribution is 2.09. The standard InChI is InChI=1S/C11H13ClO2/c1-9(13)8-14-7-6-10-2-4-11(12)5-3-10/h2-5H,6-8H2,1H3. The smallest absolute Gasteiger partial charge is 0.155 e. The minimum Gasteiger partial charge on any atom is -0.373 e. The quantitative estimate of drug-likeness (QED) is 0.701. The van der Waals surface area contributed by atoms with Crippen molar-refractivity contribution in [2.24, 2.45) is 0 Å². The molecule has 0 aromatic heterocycles. The van der Waals surface area contributed by atoms with Crippen molar-refractivity contribution in [2.75, 3.05) is 13.2 Å². The summed E-state index contributed by atoms with van der Waals surface area (Å²) in [4.78, 5) is 10.6. The molecule has 76 valence electrons. The molecule has 0 saturated heterocycles. The van der Waals surface area contributed by atoms with Gasteiger partial charge in [-0.1, -0.05) is 23.7 Å². The van der Waals surface area contributed by atoms with Crippen molar-refractivity contribution in [3.8, 4) is 0 Å². The van der Waals surface area contributed by atoms with Gasteiger partial charge in [-0.2, -0.15) is 0 Å². The summed E-state index contributed by atoms with van der Waals surface area (Å²) in [5.41, 5.74) is 1.16. The summed E-state index contributed by atoms with van der Waals surface area (Å²) in [7, 11) is 0. The van der Waals surface area contributed by atoms with Crippen LogP contribution in [0, 0.1) is 0 Å². The molecule has 0 radical (unpaired) electrons. The minimum absolute atomic E-state index is 0.0566. The summed E-state index contributed by atoms with van der Waals surface area (Å²) < 4.78 is 5.15. The molecule has 1 aromatic rings. The first-order valence-electron chi connectivity index (χ1n) is 4.50. The fourth-order valence-corrected chi connectivity index (χ4v) is 1.18. The molecule has 0 aliphatic rings. The molecule has 1 aromatic carbocycles. The zero-order valence-electron chi connectivity index (χ0n) is 8.13. The first-order valence-corrected chi connectivity index (χ1v) is 4.88. The van der Waals surface area contributed by atoms with E-state index in [1.165, 1.54) is 6.92 Å². The van der Waals surface area contributed by atoms with Crippen LogP contribution in [0.3, 0.4) is 0 Å². The summed E-state index contributed by atoms with van der Waals surface area (Å²) in [6.45, 7) is 2.29. The van der Waals surface area contributed by atoms with E-state index in [-0.39, 0.29) is 12.4 Å². The van der Waals surface area contributed by atoms with Crippen molar-refractivity contribution in [1.82, 2.24) is 0 Å². The van der Waals surface area contributed by atoms with E-state index in [4.69, 9.17) is 16.3 Å². The van der Waals surface area contributed by atoms with Crippen LogP contribution in [0.15, 0.2) is 24.3 Å². The normalized spacial score (nSPS) is 10.1. The van der Waals surface area contributed by atoms with Gasteiger partial charge in [-0.3, -0.25) is 4.79 Å². The number of halogens is 1. The van der Waals surface area contributed by atoms with Gasteiger partial charge in [-0.05, 0) is 31.0 Å². The monoisotopic (exact) mass is 212 g/mol. The van der Waals surface area contributed by atoms with Gasteiger partial charge in [-0.25, -0.2) is 0 Å². The average molecular weight is 213 g/mol. The van der Waals surface area contributed by atoms with Gasteiger partial charge in [0.05, 0.1) is 6.61 Å². The second kappa shape index (κ2) is 5.78. The van der Waals surface area contributed by atoms with Gasteiger partial charge in [0, 0.05) is 5.02 Å². The first-order chi connectivity index (χ1) is 6.68. The second-order valence-corrected chi connectivity index (χ2v) is 3.57. The molecule has 0 atom stereocenters. The number of Topliss-reactive ketones (excluding diaryl/α,β-unsaturated/α-hetero) is 1. The first kappa shape index (κ1) is 11.2.